The summed E-state index contributed by atoms with van der Waals surface area (Å²) in [4.78, 5) is 31.6. The van der Waals surface area contributed by atoms with E-state index in [2.05, 4.69) is 22.4 Å². The van der Waals surface area contributed by atoms with Crippen LogP contribution in [-0.2, 0) is 15.1 Å². The van der Waals surface area contributed by atoms with Gasteiger partial charge in [-0.2, -0.15) is 0 Å². The molecule has 2 fully saturated rings. The molecule has 1 aliphatic carbocycles. The van der Waals surface area contributed by atoms with Gasteiger partial charge in [0.1, 0.15) is 5.60 Å². The molecule has 2 aromatic rings. The van der Waals surface area contributed by atoms with Crippen molar-refractivity contribution in [2.75, 3.05) is 13.1 Å². The second-order valence-electron chi connectivity index (χ2n) is 10.2. The van der Waals surface area contributed by atoms with E-state index in [4.69, 9.17) is 4.74 Å². The van der Waals surface area contributed by atoms with Crippen molar-refractivity contribution >= 4 is 22.8 Å². The van der Waals surface area contributed by atoms with E-state index in [-0.39, 0.29) is 29.8 Å². The van der Waals surface area contributed by atoms with Gasteiger partial charge < -0.3 is 15.0 Å². The quantitative estimate of drug-likeness (QED) is 0.832. The Labute approximate surface area is 178 Å². The van der Waals surface area contributed by atoms with Gasteiger partial charge in [-0.1, -0.05) is 24.3 Å². The van der Waals surface area contributed by atoms with Gasteiger partial charge in [0.05, 0.1) is 5.54 Å². The molecule has 1 aromatic carbocycles. The van der Waals surface area contributed by atoms with E-state index in [1.807, 2.05) is 59.9 Å². The van der Waals surface area contributed by atoms with Crippen molar-refractivity contribution in [2.24, 2.45) is 17.8 Å². The maximum atomic E-state index is 13.1. The molecule has 2 aliphatic rings. The van der Waals surface area contributed by atoms with Crippen molar-refractivity contribution in [1.82, 2.24) is 15.2 Å². The van der Waals surface area contributed by atoms with E-state index in [0.29, 0.717) is 13.1 Å². The average Bonchev–Trinajstić information content (AvgIpc) is 3.14. The minimum absolute atomic E-state index is 0.0346. The molecule has 1 saturated carbocycles. The maximum Gasteiger partial charge on any atom is 0.410 e. The molecule has 2 unspecified atom stereocenters. The fourth-order valence-corrected chi connectivity index (χ4v) is 4.68. The number of pyridine rings is 1. The van der Waals surface area contributed by atoms with Gasteiger partial charge in [0.25, 0.3) is 0 Å². The monoisotopic (exact) mass is 409 g/mol. The molecular formula is C24H31N3O3. The molecule has 1 aromatic heterocycles. The molecule has 0 radical (unpaired) electrons. The van der Waals surface area contributed by atoms with E-state index in [9.17, 15) is 9.59 Å². The summed E-state index contributed by atoms with van der Waals surface area (Å²) in [5, 5.41) is 5.46. The van der Waals surface area contributed by atoms with E-state index in [1.165, 1.54) is 0 Å². The molecule has 2 amide bonds. The lowest BCUT2D eigenvalue weighted by Gasteiger charge is -2.29. The van der Waals surface area contributed by atoms with Crippen molar-refractivity contribution in [3.63, 3.8) is 0 Å². The summed E-state index contributed by atoms with van der Waals surface area (Å²) < 4.78 is 5.45. The van der Waals surface area contributed by atoms with Crippen molar-refractivity contribution < 1.29 is 14.3 Å². The Hall–Kier alpha value is -2.63. The van der Waals surface area contributed by atoms with E-state index >= 15 is 0 Å². The number of hydrogen-bond acceptors (Lipinski definition) is 4. The third-order valence-corrected chi connectivity index (χ3v) is 6.25. The smallest absolute Gasteiger partial charge is 0.410 e. The van der Waals surface area contributed by atoms with Gasteiger partial charge in [0.15, 0.2) is 0 Å². The first-order valence-corrected chi connectivity index (χ1v) is 10.6. The van der Waals surface area contributed by atoms with Crippen molar-refractivity contribution in [3.8, 4) is 0 Å². The van der Waals surface area contributed by atoms with E-state index in [0.717, 1.165) is 22.0 Å². The number of aryl methyl sites for hydroxylation is 1. The number of amides is 2. The lowest BCUT2D eigenvalue weighted by Crippen LogP contribution is -2.44. The number of nitrogens with zero attached hydrogens (tertiary/aromatic N) is 2. The van der Waals surface area contributed by atoms with Crippen LogP contribution >= 0.6 is 0 Å². The molecule has 4 rings (SSSR count). The van der Waals surface area contributed by atoms with Gasteiger partial charge in [-0.15, -0.1) is 0 Å². The first-order chi connectivity index (χ1) is 14.0. The number of piperidine rings is 1. The average molecular weight is 410 g/mol. The normalized spacial score (nSPS) is 23.3. The molecule has 6 heteroatoms. The number of nitrogens with one attached hydrogen (secondary N) is 1. The van der Waals surface area contributed by atoms with Crippen LogP contribution in [-0.4, -0.2) is 40.6 Å². The number of rotatable bonds is 3. The van der Waals surface area contributed by atoms with Crippen LogP contribution in [0, 0.1) is 24.7 Å². The molecule has 2 heterocycles. The van der Waals surface area contributed by atoms with Crippen LogP contribution in [0.4, 0.5) is 4.79 Å². The molecule has 2 atom stereocenters. The molecule has 0 spiro atoms. The zero-order chi connectivity index (χ0) is 21.8. The Morgan fingerprint density at radius 1 is 1.07 bits per heavy atom. The van der Waals surface area contributed by atoms with Gasteiger partial charge >= 0.3 is 6.09 Å². The largest absolute Gasteiger partial charge is 0.444 e. The summed E-state index contributed by atoms with van der Waals surface area (Å²) in [6, 6.07) is 8.17. The van der Waals surface area contributed by atoms with Crippen molar-refractivity contribution in [3.05, 3.63) is 41.7 Å². The molecule has 0 bridgehead atoms. The first kappa shape index (κ1) is 20.6. The number of carbonyl (C=O) groups is 2. The van der Waals surface area contributed by atoms with E-state index < -0.39 is 11.1 Å². The molecule has 6 nitrogen and oxygen atoms in total. The highest BCUT2D eigenvalue weighted by atomic mass is 16.6. The Bertz CT molecular complexity index is 996. The Balaban J connectivity index is 1.43. The summed E-state index contributed by atoms with van der Waals surface area (Å²) in [6.07, 6.45) is 1.59. The Morgan fingerprint density at radius 3 is 2.27 bits per heavy atom. The predicted molar refractivity (Wildman–Crippen MR) is 116 cm³/mol. The Kier molecular flexibility index (Phi) is 4.79. The number of carbonyl (C=O) groups excluding carboxylic acids is 2. The number of aromatic nitrogens is 1. The molecule has 1 N–H and O–H groups in total. The minimum atomic E-state index is -0.543. The number of fused-ring (bicyclic) bond motifs is 2. The highest BCUT2D eigenvalue weighted by Crippen LogP contribution is 2.52. The number of hydrogen-bond donors (Lipinski definition) is 1. The zero-order valence-electron chi connectivity index (χ0n) is 18.7. The number of ether oxygens (including phenoxy) is 1. The summed E-state index contributed by atoms with van der Waals surface area (Å²) in [5.74, 6) is 0.471. The van der Waals surface area contributed by atoms with E-state index in [1.54, 1.807) is 4.90 Å². The molecule has 30 heavy (non-hydrogen) atoms. The lowest BCUT2D eigenvalue weighted by molar-refractivity contribution is -0.125. The molecular weight excluding hydrogens is 378 g/mol. The van der Waals surface area contributed by atoms with Crippen molar-refractivity contribution in [1.29, 1.82) is 0 Å². The summed E-state index contributed by atoms with van der Waals surface area (Å²) in [6.45, 7) is 12.8. The molecule has 160 valence electrons. The first-order valence-electron chi connectivity index (χ1n) is 10.6. The number of likely N-dealkylation sites (tertiary alicyclic amines) is 1. The fraction of sp³-hybridized carbons (Fsp3) is 0.542. The van der Waals surface area contributed by atoms with Crippen LogP contribution in [0.1, 0.15) is 45.9 Å². The third-order valence-electron chi connectivity index (χ3n) is 6.25. The SMILES string of the molecule is Cc1ncc(C(C)(C)NC(=O)C2C3CN(C(=O)OC(C)(C)C)CC32)c2ccccc12. The highest BCUT2D eigenvalue weighted by Gasteiger charge is 2.61. The predicted octanol–water partition coefficient (Wildman–Crippen LogP) is 4.01. The molecule has 1 saturated heterocycles. The summed E-state index contributed by atoms with van der Waals surface area (Å²) >= 11 is 0. The highest BCUT2D eigenvalue weighted by molar-refractivity contribution is 5.89. The van der Waals surface area contributed by atoms with Crippen LogP contribution < -0.4 is 5.32 Å². The summed E-state index contributed by atoms with van der Waals surface area (Å²) in [7, 11) is 0. The van der Waals surface area contributed by atoms with Crippen LogP contribution in [0.3, 0.4) is 0 Å². The number of benzene rings is 1. The Morgan fingerprint density at radius 2 is 1.67 bits per heavy atom. The van der Waals surface area contributed by atoms with Crippen LogP contribution in [0.2, 0.25) is 0 Å². The third kappa shape index (κ3) is 3.75. The molecule has 1 aliphatic heterocycles. The zero-order valence-corrected chi connectivity index (χ0v) is 18.7. The van der Waals surface area contributed by atoms with Gasteiger partial charge in [-0.3, -0.25) is 9.78 Å². The van der Waals surface area contributed by atoms with Gasteiger partial charge in [-0.05, 0) is 58.8 Å². The van der Waals surface area contributed by atoms with Gasteiger partial charge in [0.2, 0.25) is 5.91 Å². The maximum absolute atomic E-state index is 13.1. The summed E-state index contributed by atoms with van der Waals surface area (Å²) in [5.41, 5.74) is 0.947. The topological polar surface area (TPSA) is 71.5 Å². The van der Waals surface area contributed by atoms with Crippen LogP contribution in [0.25, 0.3) is 10.8 Å². The van der Waals surface area contributed by atoms with Crippen LogP contribution in [0.15, 0.2) is 30.5 Å². The van der Waals surface area contributed by atoms with Gasteiger partial charge in [0, 0.05) is 41.8 Å². The second-order valence-corrected chi connectivity index (χ2v) is 10.2. The van der Waals surface area contributed by atoms with Crippen LogP contribution in [0.5, 0.6) is 0 Å². The standard InChI is InChI=1S/C24H31N3O3/c1-14-15-9-7-8-10-16(15)19(11-25-14)24(5,6)26-21(28)20-17-12-27(13-18(17)20)22(29)30-23(2,3)4/h7-11,17-18,20H,12-13H2,1-6H3,(H,26,28). The van der Waals surface area contributed by atoms with Crippen molar-refractivity contribution in [2.45, 2.75) is 52.7 Å². The lowest BCUT2D eigenvalue weighted by atomic mass is 9.90. The second kappa shape index (κ2) is 6.96. The minimum Gasteiger partial charge on any atom is -0.444 e. The fourth-order valence-electron chi connectivity index (χ4n) is 4.68. The van der Waals surface area contributed by atoms with Gasteiger partial charge in [-0.25, -0.2) is 4.79 Å².